The summed E-state index contributed by atoms with van der Waals surface area (Å²) in [6, 6.07) is 9.00. The van der Waals surface area contributed by atoms with Crippen LogP contribution in [0.4, 0.5) is 0 Å². The van der Waals surface area contributed by atoms with E-state index in [-0.39, 0.29) is 33.4 Å². The second-order valence-corrected chi connectivity index (χ2v) is 4.88. The molecule has 2 atom stereocenters. The van der Waals surface area contributed by atoms with Gasteiger partial charge in [-0.3, -0.25) is 4.79 Å². The number of carbonyl (C=O) groups excluding carboxylic acids is 1. The Morgan fingerprint density at radius 2 is 1.50 bits per heavy atom. The molecular weight excluding hydrogens is 532 g/mol. The molecule has 0 aromatic heterocycles. The molecule has 1 aromatic carbocycles. The van der Waals surface area contributed by atoms with E-state index in [1.165, 1.54) is 13.5 Å². The number of methoxy groups -OCH3 is 1. The van der Waals surface area contributed by atoms with Gasteiger partial charge in [0.2, 0.25) is 0 Å². The van der Waals surface area contributed by atoms with Gasteiger partial charge in [-0.2, -0.15) is 0 Å². The maximum Gasteiger partial charge on any atom is 2.00 e. The Bertz CT molecular complexity index is 500. The maximum absolute atomic E-state index is 11.1. The van der Waals surface area contributed by atoms with Crippen molar-refractivity contribution < 1.29 is 50.1 Å². The molecule has 1 fully saturated rings. The Kier molecular flexibility index (Phi) is 24.8. The van der Waals surface area contributed by atoms with Crippen LogP contribution < -0.4 is 0 Å². The molecule has 146 valence electrons. The Labute approximate surface area is 182 Å². The maximum atomic E-state index is 11.1. The van der Waals surface area contributed by atoms with E-state index in [2.05, 4.69) is 25.0 Å². The van der Waals surface area contributed by atoms with Gasteiger partial charge in [0, 0.05) is 12.8 Å². The van der Waals surface area contributed by atoms with E-state index in [1.807, 2.05) is 50.3 Å². The molecule has 1 aliphatic rings. The molecule has 0 amide bonds. The third-order valence-corrected chi connectivity index (χ3v) is 3.05. The summed E-state index contributed by atoms with van der Waals surface area (Å²) in [6.45, 7) is 12.5. The van der Waals surface area contributed by atoms with Gasteiger partial charge in [-0.1, -0.05) is 30.3 Å². The number of hydrogen-bond donors (Lipinski definition) is 2. The van der Waals surface area contributed by atoms with Gasteiger partial charge in [-0.05, 0) is 44.6 Å². The average molecular weight is 554 g/mol. The van der Waals surface area contributed by atoms with Crippen molar-refractivity contribution in [2.75, 3.05) is 7.11 Å². The van der Waals surface area contributed by atoms with Crippen LogP contribution >= 0.6 is 0 Å². The summed E-state index contributed by atoms with van der Waals surface area (Å²) in [6.07, 6.45) is 9.63. The number of carbonyl (C=O) groups is 1. The molecule has 8 radical (unpaired) electrons. The second-order valence-electron chi connectivity index (χ2n) is 4.88. The Hall–Kier alpha value is -1.22. The average Bonchev–Trinajstić information content (AvgIpc) is 3.31. The van der Waals surface area contributed by atoms with Crippen LogP contribution in [0.3, 0.4) is 0 Å². The minimum atomic E-state index is -0.952. The zero-order chi connectivity index (χ0) is 21.1. The van der Waals surface area contributed by atoms with Crippen LogP contribution in [0.5, 0.6) is 0 Å². The number of hydrogen-bond acceptors (Lipinski definition) is 4. The van der Waals surface area contributed by atoms with Gasteiger partial charge in [0.25, 0.3) is 0 Å². The van der Waals surface area contributed by atoms with E-state index in [0.29, 0.717) is 5.56 Å². The molecule has 1 aromatic rings. The fourth-order valence-corrected chi connectivity index (χ4v) is 1.86. The number of esters is 1. The van der Waals surface area contributed by atoms with Gasteiger partial charge >= 0.3 is 49.6 Å². The van der Waals surface area contributed by atoms with E-state index in [9.17, 15) is 15.0 Å². The van der Waals surface area contributed by atoms with Crippen LogP contribution in [0.15, 0.2) is 30.3 Å². The van der Waals surface area contributed by atoms with Crippen molar-refractivity contribution >= 4 is 5.97 Å². The summed E-state index contributed by atoms with van der Waals surface area (Å²) in [5.41, 5.74) is 0.716. The molecule has 0 saturated heterocycles. The number of ether oxygens (including phenoxy) is 1. The van der Waals surface area contributed by atoms with E-state index >= 15 is 0 Å². The Balaban J connectivity index is -0.000000524. The van der Waals surface area contributed by atoms with Gasteiger partial charge in [0.15, 0.2) is 0 Å². The molecule has 0 spiro atoms. The molecule has 0 bridgehead atoms. The van der Waals surface area contributed by atoms with Crippen molar-refractivity contribution in [3.05, 3.63) is 101 Å². The van der Waals surface area contributed by atoms with Crippen molar-refractivity contribution in [3.8, 4) is 0 Å². The van der Waals surface area contributed by atoms with Crippen molar-refractivity contribution in [1.29, 1.82) is 0 Å². The first-order chi connectivity index (χ1) is 13.0. The molecule has 7 heteroatoms. The molecule has 0 heterocycles. The smallest absolute Gasteiger partial charge is 0.469 e. The predicted molar refractivity (Wildman–Crippen MR) is 96.3 cm³/mol. The molecule has 28 heavy (non-hydrogen) atoms. The molecule has 2 N–H and O–H groups in total. The SMILES string of the molecule is [C-]#[O+].[C-]#[O+].[CH2][C]([CH][C@H](O)C[C@H](O)c1ccccc1)C(=O)OC.[CH]1[CH][CH][CH][CH]1.[W+2]. The first kappa shape index (κ1) is 31.5. The minimum Gasteiger partial charge on any atom is -0.469 e. The molecule has 1 saturated carbocycles. The zero-order valence-electron chi connectivity index (χ0n) is 15.4. The Morgan fingerprint density at radius 1 is 1.07 bits per heavy atom. The third kappa shape index (κ3) is 15.8. The number of aliphatic hydroxyl groups excluding tert-OH is 2. The first-order valence-corrected chi connectivity index (χ1v) is 7.65. The molecule has 0 unspecified atom stereocenters. The first-order valence-electron chi connectivity index (χ1n) is 7.65. The van der Waals surface area contributed by atoms with Gasteiger partial charge in [0.1, 0.15) is 0 Å². The number of benzene rings is 1. The normalized spacial score (nSPS) is 13.6. The summed E-state index contributed by atoms with van der Waals surface area (Å²) in [5.74, 6) is -0.520. The summed E-state index contributed by atoms with van der Waals surface area (Å²) in [5, 5.41) is 19.6. The largest absolute Gasteiger partial charge is 2.00 e. The second kappa shape index (κ2) is 22.1. The van der Waals surface area contributed by atoms with Gasteiger partial charge in [-0.25, -0.2) is 0 Å². The van der Waals surface area contributed by atoms with Crippen molar-refractivity contribution in [2.24, 2.45) is 0 Å². The van der Waals surface area contributed by atoms with E-state index < -0.39 is 18.2 Å². The summed E-state index contributed by atoms with van der Waals surface area (Å²) >= 11 is 0. The number of rotatable bonds is 6. The topological polar surface area (TPSA) is 107 Å². The molecular formula is C21H22O6W+2. The van der Waals surface area contributed by atoms with Crippen molar-refractivity contribution in [1.82, 2.24) is 0 Å². The predicted octanol–water partition coefficient (Wildman–Crippen LogP) is 2.20. The van der Waals surface area contributed by atoms with Crippen molar-refractivity contribution in [2.45, 2.75) is 18.6 Å². The van der Waals surface area contributed by atoms with Gasteiger partial charge in [0.05, 0.1) is 25.2 Å². The van der Waals surface area contributed by atoms with Gasteiger partial charge < -0.3 is 14.9 Å². The van der Waals surface area contributed by atoms with Crippen LogP contribution in [-0.4, -0.2) is 29.4 Å². The summed E-state index contributed by atoms with van der Waals surface area (Å²) in [4.78, 5) is 11.1. The van der Waals surface area contributed by atoms with Crippen LogP contribution in [0, 0.1) is 64.7 Å². The van der Waals surface area contributed by atoms with Gasteiger partial charge in [-0.15, -0.1) is 0 Å². The van der Waals surface area contributed by atoms with Crippen LogP contribution in [0.1, 0.15) is 18.1 Å². The molecule has 6 nitrogen and oxygen atoms in total. The minimum absolute atomic E-state index is 0. The van der Waals surface area contributed by atoms with E-state index in [0.717, 1.165) is 0 Å². The molecule has 1 aliphatic carbocycles. The van der Waals surface area contributed by atoms with E-state index in [1.54, 1.807) is 12.1 Å². The van der Waals surface area contributed by atoms with Crippen molar-refractivity contribution in [3.63, 3.8) is 0 Å². The molecule has 0 aliphatic heterocycles. The fourth-order valence-electron chi connectivity index (χ4n) is 1.86. The monoisotopic (exact) mass is 554 g/mol. The standard InChI is InChI=1S/C14H17O4.C5H5.2CO.W/c1-10(14(17)18-2)8-12(15)9-13(16)11-6-4-3-5-7-11;1-2-4-5-3-1;2*1-2;/h3-8,12-13,15-16H,1,9H2,2H3;1-5H;;;/q;;;;+2/t12-,13-;;;;/m0..../s1. The Morgan fingerprint density at radius 3 is 1.89 bits per heavy atom. The van der Waals surface area contributed by atoms with Crippen LogP contribution in [0.2, 0.25) is 0 Å². The summed E-state index contributed by atoms with van der Waals surface area (Å²) < 4.78 is 19.5. The third-order valence-electron chi connectivity index (χ3n) is 3.05. The zero-order valence-corrected chi connectivity index (χ0v) is 18.3. The quantitative estimate of drug-likeness (QED) is 0.320. The fraction of sp³-hybridized carbons (Fsp3) is 0.190. The summed E-state index contributed by atoms with van der Waals surface area (Å²) in [7, 11) is 1.24. The van der Waals surface area contributed by atoms with Crippen LogP contribution in [-0.2, 0) is 39.9 Å². The molecule has 2 rings (SSSR count). The number of aliphatic hydroxyl groups is 2. The van der Waals surface area contributed by atoms with E-state index in [4.69, 9.17) is 9.30 Å². The van der Waals surface area contributed by atoms with Crippen LogP contribution in [0.25, 0.3) is 0 Å².